The maximum Gasteiger partial charge on any atom is 0.126 e. The van der Waals surface area contributed by atoms with Crippen LogP contribution in [0, 0.1) is 12.8 Å². The van der Waals surface area contributed by atoms with Crippen LogP contribution in [0.2, 0.25) is 0 Å². The highest BCUT2D eigenvalue weighted by Crippen LogP contribution is 2.37. The van der Waals surface area contributed by atoms with Gasteiger partial charge in [0.15, 0.2) is 0 Å². The number of nitrogens with two attached hydrogens (primary N) is 1. The van der Waals surface area contributed by atoms with E-state index in [1.807, 2.05) is 18.5 Å². The number of nitrogens with zero attached hydrogens (tertiary/aromatic N) is 2. The third-order valence-corrected chi connectivity index (χ3v) is 3.79. The van der Waals surface area contributed by atoms with Crippen LogP contribution in [0.3, 0.4) is 0 Å². The summed E-state index contributed by atoms with van der Waals surface area (Å²) in [5, 5.41) is 0. The molecule has 1 aliphatic rings. The van der Waals surface area contributed by atoms with E-state index in [1.165, 1.54) is 25.7 Å². The number of aryl methyl sites for hydroxylation is 1. The maximum absolute atomic E-state index is 6.07. The summed E-state index contributed by atoms with van der Waals surface area (Å²) in [5.41, 5.74) is 7.21. The molecule has 2 rings (SSSR count). The highest BCUT2D eigenvalue weighted by molar-refractivity contribution is 5.40. The molecular weight excluding hydrogens is 186 g/mol. The van der Waals surface area contributed by atoms with Crippen LogP contribution in [0.15, 0.2) is 0 Å². The summed E-state index contributed by atoms with van der Waals surface area (Å²) in [6, 6.07) is 0. The van der Waals surface area contributed by atoms with E-state index in [0.717, 1.165) is 23.3 Å². The van der Waals surface area contributed by atoms with E-state index in [4.69, 9.17) is 5.73 Å². The van der Waals surface area contributed by atoms with Gasteiger partial charge in [-0.25, -0.2) is 4.98 Å². The van der Waals surface area contributed by atoms with Crippen LogP contribution in [-0.4, -0.2) is 9.55 Å². The van der Waals surface area contributed by atoms with Crippen LogP contribution in [0.25, 0.3) is 0 Å². The summed E-state index contributed by atoms with van der Waals surface area (Å²) in [5.74, 6) is 3.38. The van der Waals surface area contributed by atoms with Crippen molar-refractivity contribution in [3.63, 3.8) is 0 Å². The van der Waals surface area contributed by atoms with Crippen molar-refractivity contribution in [2.75, 3.05) is 5.73 Å². The molecule has 1 fully saturated rings. The normalized spacial score (nSPS) is 26.9. The van der Waals surface area contributed by atoms with E-state index in [-0.39, 0.29) is 0 Å². The van der Waals surface area contributed by atoms with Gasteiger partial charge in [0.2, 0.25) is 0 Å². The van der Waals surface area contributed by atoms with Crippen LogP contribution in [-0.2, 0) is 7.05 Å². The molecule has 2 N–H and O–H groups in total. The highest BCUT2D eigenvalue weighted by atomic mass is 15.1. The van der Waals surface area contributed by atoms with Crippen molar-refractivity contribution in [2.24, 2.45) is 13.0 Å². The van der Waals surface area contributed by atoms with Gasteiger partial charge in [-0.2, -0.15) is 0 Å². The molecule has 1 heterocycles. The Kier molecular flexibility index (Phi) is 2.72. The SMILES string of the molecule is Cc1nc(C2CCC(C)CC2)c(N)n1C. The maximum atomic E-state index is 6.07. The first-order chi connectivity index (χ1) is 7.09. The van der Waals surface area contributed by atoms with Crippen LogP contribution in [0.1, 0.15) is 50.0 Å². The molecule has 15 heavy (non-hydrogen) atoms. The molecular formula is C12H21N3. The molecule has 0 radical (unpaired) electrons. The van der Waals surface area contributed by atoms with Crippen molar-refractivity contribution in [2.45, 2.75) is 45.4 Å². The molecule has 3 nitrogen and oxygen atoms in total. The fraction of sp³-hybridized carbons (Fsp3) is 0.750. The van der Waals surface area contributed by atoms with E-state index in [2.05, 4.69) is 11.9 Å². The van der Waals surface area contributed by atoms with Gasteiger partial charge < -0.3 is 10.3 Å². The Bertz CT molecular complexity index is 346. The van der Waals surface area contributed by atoms with Gasteiger partial charge in [-0.3, -0.25) is 0 Å². The fourth-order valence-corrected chi connectivity index (χ4v) is 2.49. The van der Waals surface area contributed by atoms with Gasteiger partial charge in [-0.05, 0) is 25.7 Å². The predicted octanol–water partition coefficient (Wildman–Crippen LogP) is 2.60. The molecule has 0 atom stereocenters. The van der Waals surface area contributed by atoms with Gasteiger partial charge in [-0.1, -0.05) is 19.8 Å². The first-order valence-electron chi connectivity index (χ1n) is 5.88. The number of hydrogen-bond donors (Lipinski definition) is 1. The van der Waals surface area contributed by atoms with Crippen LogP contribution < -0.4 is 5.73 Å². The Hall–Kier alpha value is -0.990. The predicted molar refractivity (Wildman–Crippen MR) is 62.7 cm³/mol. The quantitative estimate of drug-likeness (QED) is 0.769. The minimum absolute atomic E-state index is 0.598. The topological polar surface area (TPSA) is 43.8 Å². The molecule has 1 saturated carbocycles. The summed E-state index contributed by atoms with van der Waals surface area (Å²) < 4.78 is 1.99. The summed E-state index contributed by atoms with van der Waals surface area (Å²) >= 11 is 0. The number of nitrogen functional groups attached to an aromatic ring is 1. The Morgan fingerprint density at radius 1 is 1.27 bits per heavy atom. The van der Waals surface area contributed by atoms with E-state index in [0.29, 0.717) is 5.92 Å². The third kappa shape index (κ3) is 1.87. The lowest BCUT2D eigenvalue weighted by Crippen LogP contribution is -2.12. The number of rotatable bonds is 1. The second-order valence-corrected chi connectivity index (χ2v) is 4.95. The monoisotopic (exact) mass is 207 g/mol. The number of imidazole rings is 1. The molecule has 0 aromatic carbocycles. The van der Waals surface area contributed by atoms with E-state index in [9.17, 15) is 0 Å². The van der Waals surface area contributed by atoms with Gasteiger partial charge in [0.05, 0.1) is 5.69 Å². The number of aromatic nitrogens is 2. The second kappa shape index (κ2) is 3.87. The molecule has 1 aromatic rings. The number of hydrogen-bond acceptors (Lipinski definition) is 2. The smallest absolute Gasteiger partial charge is 0.126 e. The van der Waals surface area contributed by atoms with Crippen LogP contribution >= 0.6 is 0 Å². The molecule has 0 unspecified atom stereocenters. The average Bonchev–Trinajstić information content (AvgIpc) is 2.47. The lowest BCUT2D eigenvalue weighted by atomic mass is 9.81. The van der Waals surface area contributed by atoms with Crippen molar-refractivity contribution in [3.05, 3.63) is 11.5 Å². The first kappa shape index (κ1) is 10.5. The zero-order valence-corrected chi connectivity index (χ0v) is 9.95. The van der Waals surface area contributed by atoms with Gasteiger partial charge in [0.25, 0.3) is 0 Å². The summed E-state index contributed by atoms with van der Waals surface area (Å²) in [6.45, 7) is 4.36. The molecule has 0 aliphatic heterocycles. The van der Waals surface area contributed by atoms with Gasteiger partial charge >= 0.3 is 0 Å². The zero-order valence-electron chi connectivity index (χ0n) is 9.95. The van der Waals surface area contributed by atoms with Gasteiger partial charge in [0.1, 0.15) is 11.6 Å². The van der Waals surface area contributed by atoms with E-state index < -0.39 is 0 Å². The molecule has 1 aromatic heterocycles. The molecule has 3 heteroatoms. The molecule has 0 spiro atoms. The Morgan fingerprint density at radius 2 is 1.87 bits per heavy atom. The number of anilines is 1. The minimum Gasteiger partial charge on any atom is -0.384 e. The van der Waals surface area contributed by atoms with Crippen molar-refractivity contribution in [1.29, 1.82) is 0 Å². The van der Waals surface area contributed by atoms with E-state index >= 15 is 0 Å². The van der Waals surface area contributed by atoms with Crippen LogP contribution in [0.4, 0.5) is 5.82 Å². The minimum atomic E-state index is 0.598. The first-order valence-corrected chi connectivity index (χ1v) is 5.88. The van der Waals surface area contributed by atoms with Crippen molar-refractivity contribution in [3.8, 4) is 0 Å². The van der Waals surface area contributed by atoms with Gasteiger partial charge in [-0.15, -0.1) is 0 Å². The molecule has 0 bridgehead atoms. The third-order valence-electron chi connectivity index (χ3n) is 3.79. The molecule has 0 amide bonds. The fourth-order valence-electron chi connectivity index (χ4n) is 2.49. The molecule has 1 aliphatic carbocycles. The Labute approximate surface area is 91.7 Å². The van der Waals surface area contributed by atoms with Crippen LogP contribution in [0.5, 0.6) is 0 Å². The Morgan fingerprint density at radius 3 is 2.33 bits per heavy atom. The van der Waals surface area contributed by atoms with Crippen molar-refractivity contribution < 1.29 is 0 Å². The zero-order chi connectivity index (χ0) is 11.0. The Balaban J connectivity index is 2.19. The van der Waals surface area contributed by atoms with E-state index in [1.54, 1.807) is 0 Å². The van der Waals surface area contributed by atoms with Crippen molar-refractivity contribution >= 4 is 5.82 Å². The average molecular weight is 207 g/mol. The lowest BCUT2D eigenvalue weighted by Gasteiger charge is -2.25. The standard InChI is InChI=1S/C12H21N3/c1-8-4-6-10(7-5-8)11-12(13)15(3)9(2)14-11/h8,10H,4-7,13H2,1-3H3. The second-order valence-electron chi connectivity index (χ2n) is 4.95. The highest BCUT2D eigenvalue weighted by Gasteiger charge is 2.24. The summed E-state index contributed by atoms with van der Waals surface area (Å²) in [7, 11) is 1.99. The summed E-state index contributed by atoms with van der Waals surface area (Å²) in [6.07, 6.45) is 5.14. The van der Waals surface area contributed by atoms with Crippen molar-refractivity contribution in [1.82, 2.24) is 9.55 Å². The summed E-state index contributed by atoms with van der Waals surface area (Å²) in [4.78, 5) is 4.60. The molecule has 84 valence electrons. The molecule has 0 saturated heterocycles. The van der Waals surface area contributed by atoms with Gasteiger partial charge in [0, 0.05) is 13.0 Å². The largest absolute Gasteiger partial charge is 0.384 e. The lowest BCUT2D eigenvalue weighted by molar-refractivity contribution is 0.345.